The van der Waals surface area contributed by atoms with E-state index in [-0.39, 0.29) is 24.2 Å². The maximum absolute atomic E-state index is 12.5. The molecule has 2 aliphatic heterocycles. The summed E-state index contributed by atoms with van der Waals surface area (Å²) in [5, 5.41) is 2.97. The second-order valence-electron chi connectivity index (χ2n) is 8.63. The van der Waals surface area contributed by atoms with E-state index in [4.69, 9.17) is 4.74 Å². The Morgan fingerprint density at radius 2 is 1.55 bits per heavy atom. The Morgan fingerprint density at radius 1 is 0.903 bits per heavy atom. The van der Waals surface area contributed by atoms with Crippen molar-refractivity contribution in [2.75, 3.05) is 64.3 Å². The zero-order valence-corrected chi connectivity index (χ0v) is 19.1. The number of amides is 2. The fourth-order valence-corrected chi connectivity index (χ4v) is 4.78. The van der Waals surface area contributed by atoms with Gasteiger partial charge in [-0.25, -0.2) is 0 Å². The molecule has 1 N–H and O–H groups in total. The smallest absolute Gasteiger partial charge is 0.254 e. The number of ether oxygens (including phenoxy) is 1. The summed E-state index contributed by atoms with van der Waals surface area (Å²) in [5.74, 6) is 0.0281. The molecule has 1 aromatic rings. The maximum atomic E-state index is 12.5. The lowest BCUT2D eigenvalue weighted by molar-refractivity contribution is -0.117. The first-order valence-electron chi connectivity index (χ1n) is 11.4. The van der Waals surface area contributed by atoms with Crippen LogP contribution < -0.4 is 5.32 Å². The van der Waals surface area contributed by atoms with Gasteiger partial charge in [-0.2, -0.15) is 0 Å². The number of hydrogen-bond acceptors (Lipinski definition) is 5. The Balaban J connectivity index is 0.00000272. The van der Waals surface area contributed by atoms with E-state index in [1.165, 1.54) is 32.1 Å². The third kappa shape index (κ3) is 6.65. The first kappa shape index (κ1) is 24.0. The monoisotopic (exact) mass is 450 g/mol. The van der Waals surface area contributed by atoms with Crippen molar-refractivity contribution in [1.82, 2.24) is 14.7 Å². The fraction of sp³-hybridized carbons (Fsp3) is 0.652. The highest BCUT2D eigenvalue weighted by atomic mass is 35.5. The van der Waals surface area contributed by atoms with Gasteiger partial charge in [-0.05, 0) is 37.1 Å². The molecule has 2 saturated heterocycles. The average Bonchev–Trinajstić information content (AvgIpc) is 2.81. The minimum Gasteiger partial charge on any atom is -0.378 e. The molecule has 1 saturated carbocycles. The van der Waals surface area contributed by atoms with Crippen LogP contribution in [0.1, 0.15) is 42.5 Å². The van der Waals surface area contributed by atoms with Gasteiger partial charge in [-0.1, -0.05) is 19.3 Å². The third-order valence-electron chi connectivity index (χ3n) is 6.58. The summed E-state index contributed by atoms with van der Waals surface area (Å²) in [6.45, 7) is 6.91. The summed E-state index contributed by atoms with van der Waals surface area (Å²) in [6.07, 6.45) is 6.79. The Bertz CT molecular complexity index is 710. The van der Waals surface area contributed by atoms with Gasteiger partial charge >= 0.3 is 0 Å². The summed E-state index contributed by atoms with van der Waals surface area (Å²) < 4.78 is 5.30. The maximum Gasteiger partial charge on any atom is 0.254 e. The predicted molar refractivity (Wildman–Crippen MR) is 124 cm³/mol. The van der Waals surface area contributed by atoms with Crippen molar-refractivity contribution in [2.24, 2.45) is 0 Å². The van der Waals surface area contributed by atoms with Gasteiger partial charge in [0.1, 0.15) is 0 Å². The van der Waals surface area contributed by atoms with Crippen LogP contribution in [0.5, 0.6) is 0 Å². The molecule has 0 radical (unpaired) electrons. The molecule has 0 unspecified atom stereocenters. The number of nitrogens with zero attached hydrogens (tertiary/aromatic N) is 3. The van der Waals surface area contributed by atoms with Crippen LogP contribution in [0.3, 0.4) is 0 Å². The lowest BCUT2D eigenvalue weighted by Gasteiger charge is -2.40. The Hall–Kier alpha value is -1.67. The van der Waals surface area contributed by atoms with Crippen molar-refractivity contribution in [2.45, 2.75) is 38.1 Å². The first-order valence-corrected chi connectivity index (χ1v) is 11.4. The van der Waals surface area contributed by atoms with Crippen LogP contribution in [-0.4, -0.2) is 91.6 Å². The summed E-state index contributed by atoms with van der Waals surface area (Å²) >= 11 is 0. The molecule has 1 aliphatic carbocycles. The van der Waals surface area contributed by atoms with Crippen LogP contribution in [0.15, 0.2) is 24.3 Å². The highest BCUT2D eigenvalue weighted by Crippen LogP contribution is 2.23. The van der Waals surface area contributed by atoms with Crippen molar-refractivity contribution in [1.29, 1.82) is 0 Å². The van der Waals surface area contributed by atoms with Crippen molar-refractivity contribution in [3.8, 4) is 0 Å². The first-order chi connectivity index (χ1) is 14.7. The summed E-state index contributed by atoms with van der Waals surface area (Å²) in [6, 6.07) is 7.96. The van der Waals surface area contributed by atoms with Crippen molar-refractivity contribution in [3.63, 3.8) is 0 Å². The molecule has 3 fully saturated rings. The average molecular weight is 451 g/mol. The lowest BCUT2D eigenvalue weighted by atomic mass is 9.94. The Kier molecular flexibility index (Phi) is 9.14. The van der Waals surface area contributed by atoms with E-state index in [2.05, 4.69) is 15.1 Å². The molecule has 2 heterocycles. The van der Waals surface area contributed by atoms with E-state index < -0.39 is 0 Å². The molecule has 0 atom stereocenters. The molecular formula is C23H35ClN4O3. The van der Waals surface area contributed by atoms with E-state index in [0.717, 1.165) is 37.9 Å². The molecule has 31 heavy (non-hydrogen) atoms. The van der Waals surface area contributed by atoms with E-state index in [1.54, 1.807) is 12.1 Å². The van der Waals surface area contributed by atoms with Crippen LogP contribution >= 0.6 is 12.4 Å². The second kappa shape index (κ2) is 11.8. The normalized spacial score (nSPS) is 21.4. The molecule has 3 aliphatic rings. The fourth-order valence-electron chi connectivity index (χ4n) is 4.78. The highest BCUT2D eigenvalue weighted by Gasteiger charge is 2.26. The van der Waals surface area contributed by atoms with Crippen LogP contribution in [0, 0.1) is 0 Å². The van der Waals surface area contributed by atoms with E-state index in [0.29, 0.717) is 38.4 Å². The number of morpholine rings is 1. The molecule has 172 valence electrons. The number of anilines is 1. The van der Waals surface area contributed by atoms with Crippen LogP contribution in [0.2, 0.25) is 0 Å². The molecule has 4 rings (SSSR count). The number of carbonyl (C=O) groups excluding carboxylic acids is 2. The molecule has 0 aromatic heterocycles. The number of benzene rings is 1. The van der Waals surface area contributed by atoms with Crippen molar-refractivity contribution >= 4 is 29.9 Å². The molecule has 0 bridgehead atoms. The number of piperazine rings is 1. The SMILES string of the molecule is Cl.O=C(CN1CCN(C2CCCCC2)CC1)Nc1ccc(C(=O)N2CCOCC2)cc1. The number of nitrogens with one attached hydrogen (secondary N) is 1. The highest BCUT2D eigenvalue weighted by molar-refractivity contribution is 5.96. The van der Waals surface area contributed by atoms with Gasteiger partial charge in [-0.3, -0.25) is 19.4 Å². The quantitative estimate of drug-likeness (QED) is 0.746. The third-order valence-corrected chi connectivity index (χ3v) is 6.58. The number of rotatable bonds is 5. The topological polar surface area (TPSA) is 65.1 Å². The van der Waals surface area contributed by atoms with Crippen LogP contribution in [0.25, 0.3) is 0 Å². The Labute approximate surface area is 191 Å². The van der Waals surface area contributed by atoms with Crippen LogP contribution in [-0.2, 0) is 9.53 Å². The van der Waals surface area contributed by atoms with E-state index >= 15 is 0 Å². The van der Waals surface area contributed by atoms with Gasteiger partial charge in [-0.15, -0.1) is 12.4 Å². The number of halogens is 1. The van der Waals surface area contributed by atoms with Gasteiger partial charge in [0.05, 0.1) is 19.8 Å². The predicted octanol–water partition coefficient (Wildman–Crippen LogP) is 2.47. The van der Waals surface area contributed by atoms with Gasteiger partial charge in [0, 0.05) is 56.6 Å². The van der Waals surface area contributed by atoms with E-state index in [9.17, 15) is 9.59 Å². The molecule has 0 spiro atoms. The van der Waals surface area contributed by atoms with Gasteiger partial charge < -0.3 is 15.0 Å². The molecule has 7 nitrogen and oxygen atoms in total. The van der Waals surface area contributed by atoms with Gasteiger partial charge in [0.25, 0.3) is 5.91 Å². The Morgan fingerprint density at radius 3 is 2.19 bits per heavy atom. The van der Waals surface area contributed by atoms with E-state index in [1.807, 2.05) is 17.0 Å². The zero-order valence-electron chi connectivity index (χ0n) is 18.3. The molecule has 2 amide bonds. The largest absolute Gasteiger partial charge is 0.378 e. The van der Waals surface area contributed by atoms with Gasteiger partial charge in [0.2, 0.25) is 5.91 Å². The van der Waals surface area contributed by atoms with Crippen LogP contribution in [0.4, 0.5) is 5.69 Å². The number of carbonyl (C=O) groups is 2. The standard InChI is InChI=1S/C23H34N4O3.ClH/c28-22(18-25-10-12-26(13-11-25)21-4-2-1-3-5-21)24-20-8-6-19(7-9-20)23(29)27-14-16-30-17-15-27;/h6-9,21H,1-5,10-18H2,(H,24,28);1H. The minimum absolute atomic E-state index is 0. The van der Waals surface area contributed by atoms with Gasteiger partial charge in [0.15, 0.2) is 0 Å². The molecular weight excluding hydrogens is 416 g/mol. The summed E-state index contributed by atoms with van der Waals surface area (Å²) in [5.41, 5.74) is 1.38. The minimum atomic E-state index is 0. The lowest BCUT2D eigenvalue weighted by Crippen LogP contribution is -2.52. The number of hydrogen-bond donors (Lipinski definition) is 1. The van der Waals surface area contributed by atoms with Crippen molar-refractivity contribution < 1.29 is 14.3 Å². The summed E-state index contributed by atoms with van der Waals surface area (Å²) in [7, 11) is 0. The van der Waals surface area contributed by atoms with Crippen molar-refractivity contribution in [3.05, 3.63) is 29.8 Å². The zero-order chi connectivity index (χ0) is 20.8. The summed E-state index contributed by atoms with van der Waals surface area (Å²) in [4.78, 5) is 31.7. The second-order valence-corrected chi connectivity index (χ2v) is 8.63. The molecule has 8 heteroatoms. The molecule has 1 aromatic carbocycles.